The highest BCUT2D eigenvalue weighted by Gasteiger charge is 2.15. The fourth-order valence-electron chi connectivity index (χ4n) is 2.93. The minimum absolute atomic E-state index is 0.153. The molecule has 0 radical (unpaired) electrons. The molecule has 1 saturated carbocycles. The van der Waals surface area contributed by atoms with Gasteiger partial charge in [-0.15, -0.1) is 0 Å². The summed E-state index contributed by atoms with van der Waals surface area (Å²) in [6.07, 6.45) is 5.83. The Bertz CT molecular complexity index is 722. The molecule has 1 aliphatic carbocycles. The van der Waals surface area contributed by atoms with Crippen molar-refractivity contribution in [2.75, 3.05) is 5.32 Å². The quantitative estimate of drug-likeness (QED) is 0.564. The lowest BCUT2D eigenvalue weighted by atomic mass is 9.96. The number of anilines is 1. The summed E-state index contributed by atoms with van der Waals surface area (Å²) < 4.78 is 1.01. The topological polar surface area (TPSA) is 53.5 Å². The molecular weight excluding hydrogens is 378 g/mol. The van der Waals surface area contributed by atoms with E-state index in [0.29, 0.717) is 11.5 Å². The largest absolute Gasteiger partial charge is 0.326 e. The van der Waals surface area contributed by atoms with Crippen LogP contribution in [-0.4, -0.2) is 17.9 Å². The van der Waals surface area contributed by atoms with Crippen molar-refractivity contribution in [1.82, 2.24) is 5.32 Å². The lowest BCUT2D eigenvalue weighted by molar-refractivity contribution is 0.0977. The van der Waals surface area contributed by atoms with Crippen LogP contribution in [0.4, 0.5) is 5.69 Å². The van der Waals surface area contributed by atoms with Gasteiger partial charge in [-0.2, -0.15) is 0 Å². The number of guanidine groups is 1. The summed E-state index contributed by atoms with van der Waals surface area (Å²) in [5.74, 6) is 0.364. The average molecular weight is 400 g/mol. The van der Waals surface area contributed by atoms with Crippen LogP contribution < -0.4 is 10.6 Å². The van der Waals surface area contributed by atoms with Gasteiger partial charge in [-0.3, -0.25) is 10.1 Å². The van der Waals surface area contributed by atoms with Gasteiger partial charge in [0.15, 0.2) is 0 Å². The first-order chi connectivity index (χ1) is 12.2. The third kappa shape index (κ3) is 5.43. The van der Waals surface area contributed by atoms with Crippen molar-refractivity contribution < 1.29 is 4.79 Å². The van der Waals surface area contributed by atoms with Gasteiger partial charge in [0.2, 0.25) is 5.96 Å². The molecule has 5 heteroatoms. The van der Waals surface area contributed by atoms with Crippen molar-refractivity contribution in [1.29, 1.82) is 0 Å². The van der Waals surface area contributed by atoms with Gasteiger partial charge in [0.1, 0.15) is 0 Å². The lowest BCUT2D eigenvalue weighted by Gasteiger charge is -2.20. The maximum Gasteiger partial charge on any atom is 0.257 e. The van der Waals surface area contributed by atoms with Gasteiger partial charge in [-0.1, -0.05) is 53.4 Å². The number of hydrogen-bond acceptors (Lipinski definition) is 2. The molecule has 2 aromatic carbocycles. The molecule has 2 N–H and O–H groups in total. The molecule has 25 heavy (non-hydrogen) atoms. The minimum Gasteiger partial charge on any atom is -0.326 e. The van der Waals surface area contributed by atoms with Gasteiger partial charge >= 0.3 is 0 Å². The molecule has 3 rings (SSSR count). The summed E-state index contributed by atoms with van der Waals surface area (Å²) >= 11 is 3.43. The van der Waals surface area contributed by atoms with Crippen LogP contribution in [0.2, 0.25) is 0 Å². The molecule has 0 spiro atoms. The number of aliphatic imine (C=N–C) groups is 1. The minimum atomic E-state index is -0.153. The molecule has 0 bridgehead atoms. The van der Waals surface area contributed by atoms with Gasteiger partial charge in [-0.25, -0.2) is 4.99 Å². The van der Waals surface area contributed by atoms with Crippen molar-refractivity contribution in [3.05, 3.63) is 64.6 Å². The predicted molar refractivity (Wildman–Crippen MR) is 106 cm³/mol. The molecule has 0 heterocycles. The number of amides is 1. The van der Waals surface area contributed by atoms with Crippen molar-refractivity contribution >= 4 is 33.5 Å². The van der Waals surface area contributed by atoms with Crippen LogP contribution in [0.1, 0.15) is 42.5 Å². The first kappa shape index (κ1) is 17.7. The first-order valence-corrected chi connectivity index (χ1v) is 9.47. The van der Waals surface area contributed by atoms with E-state index in [4.69, 9.17) is 4.99 Å². The van der Waals surface area contributed by atoms with E-state index in [1.807, 2.05) is 42.5 Å². The highest BCUT2D eigenvalue weighted by atomic mass is 79.9. The van der Waals surface area contributed by atoms with Crippen LogP contribution in [0.15, 0.2) is 64.1 Å². The Labute approximate surface area is 156 Å². The van der Waals surface area contributed by atoms with E-state index < -0.39 is 0 Å². The Balaban J connectivity index is 1.76. The Morgan fingerprint density at radius 2 is 1.64 bits per heavy atom. The smallest absolute Gasteiger partial charge is 0.257 e. The second kappa shape index (κ2) is 8.81. The van der Waals surface area contributed by atoms with Gasteiger partial charge in [-0.05, 0) is 49.2 Å². The van der Waals surface area contributed by atoms with E-state index in [-0.39, 0.29) is 11.9 Å². The summed E-state index contributed by atoms with van der Waals surface area (Å²) in [6, 6.07) is 17.3. The Hall–Kier alpha value is -2.14. The standard InChI is InChI=1S/C20H22BrN3O/c21-16-11-13-18(14-12-16)23-20(22-17-9-5-2-6-10-17)24-19(25)15-7-3-1-4-8-15/h1,3-4,7-8,11-14,17H,2,5-6,9-10H2,(H2,22,23,24,25). The van der Waals surface area contributed by atoms with Gasteiger partial charge in [0.25, 0.3) is 5.91 Å². The summed E-state index contributed by atoms with van der Waals surface area (Å²) in [5, 5.41) is 6.18. The van der Waals surface area contributed by atoms with E-state index in [0.717, 1.165) is 23.0 Å². The summed E-state index contributed by atoms with van der Waals surface area (Å²) in [7, 11) is 0. The highest BCUT2D eigenvalue weighted by Crippen LogP contribution is 2.21. The molecule has 4 nitrogen and oxygen atoms in total. The number of benzene rings is 2. The van der Waals surface area contributed by atoms with Crippen LogP contribution in [0.5, 0.6) is 0 Å². The van der Waals surface area contributed by atoms with Crippen molar-refractivity contribution in [3.8, 4) is 0 Å². The number of hydrogen-bond donors (Lipinski definition) is 2. The number of halogens is 1. The zero-order valence-corrected chi connectivity index (χ0v) is 15.6. The molecule has 0 atom stereocenters. The Morgan fingerprint density at radius 3 is 2.32 bits per heavy atom. The Kier molecular flexibility index (Phi) is 6.23. The molecule has 1 fully saturated rings. The normalized spacial score (nSPS) is 15.6. The van der Waals surface area contributed by atoms with Crippen molar-refractivity contribution in [2.45, 2.75) is 38.1 Å². The van der Waals surface area contributed by atoms with E-state index in [9.17, 15) is 4.79 Å². The molecule has 0 unspecified atom stereocenters. The van der Waals surface area contributed by atoms with Crippen LogP contribution in [0, 0.1) is 0 Å². The third-order valence-electron chi connectivity index (χ3n) is 4.26. The lowest BCUT2D eigenvalue weighted by Crippen LogP contribution is -2.37. The number of rotatable bonds is 3. The molecule has 1 aliphatic rings. The molecule has 0 aromatic heterocycles. The van der Waals surface area contributed by atoms with E-state index in [2.05, 4.69) is 26.6 Å². The van der Waals surface area contributed by atoms with Crippen LogP contribution in [-0.2, 0) is 0 Å². The fraction of sp³-hybridized carbons (Fsp3) is 0.300. The zero-order chi connectivity index (χ0) is 17.5. The zero-order valence-electron chi connectivity index (χ0n) is 14.0. The summed E-state index contributed by atoms with van der Waals surface area (Å²) in [6.45, 7) is 0. The van der Waals surface area contributed by atoms with Gasteiger partial charge in [0.05, 0.1) is 6.04 Å². The average Bonchev–Trinajstić information content (AvgIpc) is 2.65. The molecule has 1 amide bonds. The summed E-state index contributed by atoms with van der Waals surface area (Å²) in [4.78, 5) is 17.3. The second-order valence-electron chi connectivity index (χ2n) is 6.22. The van der Waals surface area contributed by atoms with E-state index in [1.54, 1.807) is 12.1 Å². The first-order valence-electron chi connectivity index (χ1n) is 8.67. The highest BCUT2D eigenvalue weighted by molar-refractivity contribution is 9.10. The van der Waals surface area contributed by atoms with Crippen LogP contribution in [0.3, 0.4) is 0 Å². The second-order valence-corrected chi connectivity index (χ2v) is 7.14. The van der Waals surface area contributed by atoms with Crippen LogP contribution in [0.25, 0.3) is 0 Å². The molecular formula is C20H22BrN3O. The van der Waals surface area contributed by atoms with E-state index >= 15 is 0 Å². The maximum absolute atomic E-state index is 12.5. The monoisotopic (exact) mass is 399 g/mol. The van der Waals surface area contributed by atoms with Gasteiger partial charge < -0.3 is 5.32 Å². The van der Waals surface area contributed by atoms with Crippen molar-refractivity contribution in [2.24, 2.45) is 4.99 Å². The third-order valence-corrected chi connectivity index (χ3v) is 4.79. The Morgan fingerprint density at radius 1 is 0.960 bits per heavy atom. The SMILES string of the molecule is O=C(NC(=NC1CCCCC1)Nc1ccc(Br)cc1)c1ccccc1. The predicted octanol–water partition coefficient (Wildman–Crippen LogP) is 4.98. The van der Waals surface area contributed by atoms with E-state index in [1.165, 1.54) is 19.3 Å². The number of carbonyl (C=O) groups excluding carboxylic acids is 1. The maximum atomic E-state index is 12.5. The molecule has 2 aromatic rings. The van der Waals surface area contributed by atoms with Crippen LogP contribution >= 0.6 is 15.9 Å². The number of carbonyl (C=O) groups is 1. The number of nitrogens with zero attached hydrogens (tertiary/aromatic N) is 1. The molecule has 0 saturated heterocycles. The van der Waals surface area contributed by atoms with Gasteiger partial charge in [0, 0.05) is 15.7 Å². The summed E-state index contributed by atoms with van der Waals surface area (Å²) in [5.41, 5.74) is 1.52. The molecule has 0 aliphatic heterocycles. The number of nitrogens with one attached hydrogen (secondary N) is 2. The molecule has 130 valence electrons. The van der Waals surface area contributed by atoms with Crippen molar-refractivity contribution in [3.63, 3.8) is 0 Å². The fourth-order valence-corrected chi connectivity index (χ4v) is 3.19.